The largest absolute Gasteiger partial charge is 0.358 e. The molecule has 4 heteroatoms. The Morgan fingerprint density at radius 3 is 2.67 bits per heavy atom. The summed E-state index contributed by atoms with van der Waals surface area (Å²) in [6.45, 7) is 2.56. The number of hydrogen-bond acceptors (Lipinski definition) is 1. The lowest BCUT2D eigenvalue weighted by molar-refractivity contribution is 0.987. The average molecular weight is 243 g/mol. The molecule has 15 heavy (non-hydrogen) atoms. The van der Waals surface area contributed by atoms with E-state index in [0.717, 1.165) is 28.6 Å². The normalized spacial score (nSPS) is 11.2. The number of rotatable bonds is 2. The van der Waals surface area contributed by atoms with Gasteiger partial charge in [-0.05, 0) is 24.1 Å². The Bertz CT molecular complexity index is 503. The quantitative estimate of drug-likeness (QED) is 0.832. The summed E-state index contributed by atoms with van der Waals surface area (Å²) in [5, 5.41) is 2.12. The molecule has 2 aromatic rings. The molecule has 0 unspecified atom stereocenters. The Morgan fingerprint density at radius 1 is 1.33 bits per heavy atom. The van der Waals surface area contributed by atoms with Crippen molar-refractivity contribution in [1.82, 2.24) is 4.98 Å². The van der Waals surface area contributed by atoms with E-state index >= 15 is 0 Å². The van der Waals surface area contributed by atoms with Gasteiger partial charge in [-0.2, -0.15) is 0 Å². The number of nitrogens with two attached hydrogens (primary N) is 1. The van der Waals surface area contributed by atoms with Gasteiger partial charge in [-0.25, -0.2) is 0 Å². The van der Waals surface area contributed by atoms with Crippen LogP contribution in [0.1, 0.15) is 18.2 Å². The number of aryl methyl sites for hydroxylation is 1. The van der Waals surface area contributed by atoms with E-state index < -0.39 is 0 Å². The third-order valence-corrected chi connectivity index (χ3v) is 3.41. The van der Waals surface area contributed by atoms with Gasteiger partial charge in [-0.3, -0.25) is 0 Å². The van der Waals surface area contributed by atoms with Crippen LogP contribution in [-0.4, -0.2) is 4.98 Å². The summed E-state index contributed by atoms with van der Waals surface area (Å²) < 4.78 is 0. The van der Waals surface area contributed by atoms with Crippen LogP contribution in [0.4, 0.5) is 0 Å². The smallest absolute Gasteiger partial charge is 0.0689 e. The van der Waals surface area contributed by atoms with E-state index in [1.165, 1.54) is 0 Å². The predicted octanol–water partition coefficient (Wildman–Crippen LogP) is 3.50. The van der Waals surface area contributed by atoms with E-state index in [1.807, 2.05) is 6.07 Å². The van der Waals surface area contributed by atoms with Crippen molar-refractivity contribution in [3.05, 3.63) is 33.4 Å². The molecule has 0 bridgehead atoms. The standard InChI is InChI=1S/C11H12Cl2N2/c1-2-8-6(5-14)10-9(15-8)4-3-7(12)11(10)13/h3-4,15H,2,5,14H2,1H3. The van der Waals surface area contributed by atoms with Crippen LogP contribution in [0.25, 0.3) is 10.9 Å². The molecule has 0 spiro atoms. The summed E-state index contributed by atoms with van der Waals surface area (Å²) in [7, 11) is 0. The van der Waals surface area contributed by atoms with Crippen molar-refractivity contribution in [1.29, 1.82) is 0 Å². The van der Waals surface area contributed by atoms with Gasteiger partial charge in [-0.15, -0.1) is 0 Å². The monoisotopic (exact) mass is 242 g/mol. The van der Waals surface area contributed by atoms with Crippen molar-refractivity contribution in [2.24, 2.45) is 5.73 Å². The van der Waals surface area contributed by atoms with Crippen molar-refractivity contribution in [2.75, 3.05) is 0 Å². The predicted molar refractivity (Wildman–Crippen MR) is 65.6 cm³/mol. The van der Waals surface area contributed by atoms with Crippen LogP contribution in [0.5, 0.6) is 0 Å². The zero-order valence-corrected chi connectivity index (χ0v) is 9.91. The molecular formula is C11H12Cl2N2. The Hall–Kier alpha value is -0.700. The Balaban J connectivity index is 2.85. The van der Waals surface area contributed by atoms with E-state index in [1.54, 1.807) is 6.07 Å². The van der Waals surface area contributed by atoms with Gasteiger partial charge in [0.25, 0.3) is 0 Å². The second-order valence-electron chi connectivity index (χ2n) is 3.42. The molecule has 0 radical (unpaired) electrons. The number of H-pyrrole nitrogens is 1. The zero-order chi connectivity index (χ0) is 11.0. The number of aromatic nitrogens is 1. The minimum atomic E-state index is 0.475. The number of hydrogen-bond donors (Lipinski definition) is 2. The second kappa shape index (κ2) is 4.05. The van der Waals surface area contributed by atoms with E-state index in [0.29, 0.717) is 16.6 Å². The molecule has 0 atom stereocenters. The molecule has 0 saturated heterocycles. The molecule has 3 N–H and O–H groups in total. The van der Waals surface area contributed by atoms with E-state index in [-0.39, 0.29) is 0 Å². The highest BCUT2D eigenvalue weighted by Crippen LogP contribution is 2.34. The summed E-state index contributed by atoms with van der Waals surface area (Å²) >= 11 is 12.2. The minimum absolute atomic E-state index is 0.475. The van der Waals surface area contributed by atoms with E-state index in [2.05, 4.69) is 11.9 Å². The van der Waals surface area contributed by atoms with Crippen molar-refractivity contribution in [3.8, 4) is 0 Å². The lowest BCUT2D eigenvalue weighted by Crippen LogP contribution is -1.99. The Morgan fingerprint density at radius 2 is 2.07 bits per heavy atom. The molecule has 0 amide bonds. The van der Waals surface area contributed by atoms with Gasteiger partial charge in [0.15, 0.2) is 0 Å². The van der Waals surface area contributed by atoms with Crippen LogP contribution in [-0.2, 0) is 13.0 Å². The van der Waals surface area contributed by atoms with Crippen molar-refractivity contribution in [2.45, 2.75) is 19.9 Å². The lowest BCUT2D eigenvalue weighted by atomic mass is 10.1. The number of aromatic amines is 1. The fourth-order valence-electron chi connectivity index (χ4n) is 1.87. The molecule has 0 aliphatic heterocycles. The van der Waals surface area contributed by atoms with Gasteiger partial charge in [0.05, 0.1) is 10.0 Å². The Labute approximate surface area is 98.4 Å². The van der Waals surface area contributed by atoms with Crippen molar-refractivity contribution >= 4 is 34.1 Å². The number of benzene rings is 1. The first-order valence-corrected chi connectivity index (χ1v) is 5.62. The highest BCUT2D eigenvalue weighted by atomic mass is 35.5. The molecule has 0 aliphatic carbocycles. The molecule has 1 heterocycles. The maximum Gasteiger partial charge on any atom is 0.0689 e. The molecule has 1 aromatic carbocycles. The topological polar surface area (TPSA) is 41.8 Å². The summed E-state index contributed by atoms with van der Waals surface area (Å²) in [5.74, 6) is 0. The molecular weight excluding hydrogens is 231 g/mol. The average Bonchev–Trinajstić information content (AvgIpc) is 2.61. The van der Waals surface area contributed by atoms with Crippen LogP contribution in [0.3, 0.4) is 0 Å². The van der Waals surface area contributed by atoms with E-state index in [9.17, 15) is 0 Å². The summed E-state index contributed by atoms with van der Waals surface area (Å²) in [4.78, 5) is 3.31. The van der Waals surface area contributed by atoms with Gasteiger partial charge < -0.3 is 10.7 Å². The second-order valence-corrected chi connectivity index (χ2v) is 4.21. The van der Waals surface area contributed by atoms with Gasteiger partial charge >= 0.3 is 0 Å². The third kappa shape index (κ3) is 1.63. The van der Waals surface area contributed by atoms with Crippen LogP contribution in [0.15, 0.2) is 12.1 Å². The molecule has 80 valence electrons. The first-order valence-electron chi connectivity index (χ1n) is 4.86. The number of halogens is 2. The molecule has 0 fully saturated rings. The minimum Gasteiger partial charge on any atom is -0.358 e. The molecule has 0 aliphatic rings. The molecule has 1 aromatic heterocycles. The fraction of sp³-hybridized carbons (Fsp3) is 0.273. The molecule has 2 rings (SSSR count). The van der Waals surface area contributed by atoms with Crippen LogP contribution >= 0.6 is 23.2 Å². The highest BCUT2D eigenvalue weighted by molar-refractivity contribution is 6.45. The first kappa shape index (κ1) is 10.8. The SMILES string of the molecule is CCc1[nH]c2ccc(Cl)c(Cl)c2c1CN. The molecule has 0 saturated carbocycles. The van der Waals surface area contributed by atoms with Crippen molar-refractivity contribution in [3.63, 3.8) is 0 Å². The van der Waals surface area contributed by atoms with E-state index in [4.69, 9.17) is 28.9 Å². The number of fused-ring (bicyclic) bond motifs is 1. The van der Waals surface area contributed by atoms with Crippen molar-refractivity contribution < 1.29 is 0 Å². The maximum absolute atomic E-state index is 6.17. The van der Waals surface area contributed by atoms with Gasteiger partial charge in [0.1, 0.15) is 0 Å². The first-order chi connectivity index (χ1) is 7.19. The highest BCUT2D eigenvalue weighted by Gasteiger charge is 2.13. The summed E-state index contributed by atoms with van der Waals surface area (Å²) in [5.41, 5.74) is 8.94. The van der Waals surface area contributed by atoms with Gasteiger partial charge in [0, 0.05) is 23.1 Å². The fourth-order valence-corrected chi connectivity index (χ4v) is 2.30. The van der Waals surface area contributed by atoms with Crippen LogP contribution in [0, 0.1) is 0 Å². The number of nitrogens with one attached hydrogen (secondary N) is 1. The lowest BCUT2D eigenvalue weighted by Gasteiger charge is -2.01. The van der Waals surface area contributed by atoms with Gasteiger partial charge in [0.2, 0.25) is 0 Å². The zero-order valence-electron chi connectivity index (χ0n) is 8.40. The summed E-state index contributed by atoms with van der Waals surface area (Å²) in [6, 6.07) is 3.73. The molecule has 2 nitrogen and oxygen atoms in total. The van der Waals surface area contributed by atoms with Crippen LogP contribution in [0.2, 0.25) is 10.0 Å². The van der Waals surface area contributed by atoms with Crippen LogP contribution < -0.4 is 5.73 Å². The Kier molecular flexibility index (Phi) is 2.91. The maximum atomic E-state index is 6.17. The summed E-state index contributed by atoms with van der Waals surface area (Å²) in [6.07, 6.45) is 0.912. The van der Waals surface area contributed by atoms with Gasteiger partial charge in [-0.1, -0.05) is 30.1 Å². The third-order valence-electron chi connectivity index (χ3n) is 2.60.